The quantitative estimate of drug-likeness (QED) is 0.485. The van der Waals surface area contributed by atoms with Crippen molar-refractivity contribution in [2.75, 3.05) is 5.32 Å². The molecule has 8 heteroatoms. The van der Waals surface area contributed by atoms with Gasteiger partial charge in [-0.3, -0.25) is 10.1 Å². The minimum Gasteiger partial charge on any atom is -0.436 e. The van der Waals surface area contributed by atoms with E-state index < -0.39 is 0 Å². The molecule has 2 aromatic carbocycles. The summed E-state index contributed by atoms with van der Waals surface area (Å²) < 4.78 is 18.8. The second-order valence-electron chi connectivity index (χ2n) is 5.59. The minimum atomic E-state index is -0.320. The van der Waals surface area contributed by atoms with Crippen molar-refractivity contribution < 1.29 is 13.6 Å². The first-order valence-corrected chi connectivity index (χ1v) is 9.20. The summed E-state index contributed by atoms with van der Waals surface area (Å²) in [6.45, 7) is 0. The molecular weight excluding hydrogens is 385 g/mol. The van der Waals surface area contributed by atoms with Gasteiger partial charge >= 0.3 is 0 Å². The Kier molecular flexibility index (Phi) is 4.66. The molecule has 0 aliphatic rings. The molecule has 0 unspecified atom stereocenters. The lowest BCUT2D eigenvalue weighted by molar-refractivity contribution is 0.0981. The van der Waals surface area contributed by atoms with Crippen LogP contribution in [0.1, 0.15) is 9.67 Å². The van der Waals surface area contributed by atoms with Crippen LogP contribution in [0.3, 0.4) is 0 Å². The van der Waals surface area contributed by atoms with Crippen molar-refractivity contribution in [1.29, 1.82) is 0 Å². The van der Waals surface area contributed by atoms with Crippen LogP contribution < -0.4 is 10.6 Å². The third kappa shape index (κ3) is 3.86. The molecular formula is C19H12FN3O2S2. The van der Waals surface area contributed by atoms with Gasteiger partial charge in [0, 0.05) is 11.3 Å². The lowest BCUT2D eigenvalue weighted by Gasteiger charge is -2.08. The van der Waals surface area contributed by atoms with Crippen LogP contribution in [0, 0.1) is 5.82 Å². The molecule has 4 aromatic rings. The van der Waals surface area contributed by atoms with Gasteiger partial charge in [0.15, 0.2) is 10.7 Å². The lowest BCUT2D eigenvalue weighted by atomic mass is 10.2. The van der Waals surface area contributed by atoms with Crippen LogP contribution in [0.4, 0.5) is 10.1 Å². The van der Waals surface area contributed by atoms with Crippen LogP contribution >= 0.6 is 23.6 Å². The van der Waals surface area contributed by atoms with Gasteiger partial charge in [0.05, 0.1) is 4.88 Å². The Labute approximate surface area is 162 Å². The van der Waals surface area contributed by atoms with Gasteiger partial charge in [0.2, 0.25) is 5.89 Å². The highest BCUT2D eigenvalue weighted by atomic mass is 32.1. The van der Waals surface area contributed by atoms with Crippen molar-refractivity contribution in [2.24, 2.45) is 0 Å². The number of fused-ring (bicyclic) bond motifs is 1. The lowest BCUT2D eigenvalue weighted by Crippen LogP contribution is -2.33. The fourth-order valence-electron chi connectivity index (χ4n) is 2.46. The molecule has 2 heterocycles. The van der Waals surface area contributed by atoms with Gasteiger partial charge in [-0.25, -0.2) is 9.37 Å². The first-order chi connectivity index (χ1) is 13.1. The average molecular weight is 397 g/mol. The number of halogens is 1. The Morgan fingerprint density at radius 2 is 1.96 bits per heavy atom. The van der Waals surface area contributed by atoms with Gasteiger partial charge in [0.1, 0.15) is 11.3 Å². The summed E-state index contributed by atoms with van der Waals surface area (Å²) in [5, 5.41) is 7.60. The van der Waals surface area contributed by atoms with Gasteiger partial charge in [-0.1, -0.05) is 6.07 Å². The maximum absolute atomic E-state index is 13.1. The number of benzene rings is 2. The number of carbonyl (C=O) groups excluding carboxylic acids is 1. The number of thiocarbonyl (C=S) groups is 1. The zero-order valence-corrected chi connectivity index (χ0v) is 15.4. The van der Waals surface area contributed by atoms with Gasteiger partial charge in [-0.05, 0) is 66.1 Å². The average Bonchev–Trinajstić information content (AvgIpc) is 3.31. The van der Waals surface area contributed by atoms with Crippen LogP contribution in [0.2, 0.25) is 0 Å². The first-order valence-electron chi connectivity index (χ1n) is 7.91. The predicted molar refractivity (Wildman–Crippen MR) is 107 cm³/mol. The Morgan fingerprint density at radius 1 is 1.15 bits per heavy atom. The third-order valence-corrected chi connectivity index (χ3v) is 4.78. The number of hydrogen-bond donors (Lipinski definition) is 2. The molecule has 134 valence electrons. The number of aromatic nitrogens is 1. The van der Waals surface area contributed by atoms with Crippen molar-refractivity contribution in [3.8, 4) is 11.5 Å². The Hall–Kier alpha value is -3.10. The zero-order chi connectivity index (χ0) is 18.8. The second kappa shape index (κ2) is 7.26. The fraction of sp³-hybridized carbons (Fsp3) is 0. The van der Waals surface area contributed by atoms with E-state index in [2.05, 4.69) is 15.6 Å². The van der Waals surface area contributed by atoms with Crippen LogP contribution in [0.15, 0.2) is 64.4 Å². The van der Waals surface area contributed by atoms with Crippen molar-refractivity contribution in [1.82, 2.24) is 10.3 Å². The van der Waals surface area contributed by atoms with Crippen molar-refractivity contribution >= 4 is 51.4 Å². The molecule has 0 bridgehead atoms. The molecule has 0 fully saturated rings. The topological polar surface area (TPSA) is 67.2 Å². The van der Waals surface area contributed by atoms with Gasteiger partial charge < -0.3 is 9.73 Å². The van der Waals surface area contributed by atoms with Crippen LogP contribution in [-0.2, 0) is 0 Å². The van der Waals surface area contributed by atoms with E-state index in [9.17, 15) is 9.18 Å². The highest BCUT2D eigenvalue weighted by Gasteiger charge is 2.11. The van der Waals surface area contributed by atoms with E-state index >= 15 is 0 Å². The summed E-state index contributed by atoms with van der Waals surface area (Å²) in [5.41, 5.74) is 2.55. The molecule has 0 saturated carbocycles. The highest BCUT2D eigenvalue weighted by Crippen LogP contribution is 2.26. The third-order valence-electron chi connectivity index (χ3n) is 3.71. The second-order valence-corrected chi connectivity index (χ2v) is 6.95. The smallest absolute Gasteiger partial charge is 0.267 e. The van der Waals surface area contributed by atoms with Gasteiger partial charge in [-0.15, -0.1) is 11.3 Å². The van der Waals surface area contributed by atoms with E-state index in [-0.39, 0.29) is 16.8 Å². The molecule has 27 heavy (non-hydrogen) atoms. The van der Waals surface area contributed by atoms with E-state index in [1.54, 1.807) is 42.5 Å². The zero-order valence-electron chi connectivity index (χ0n) is 13.7. The molecule has 0 saturated heterocycles. The summed E-state index contributed by atoms with van der Waals surface area (Å²) in [7, 11) is 0. The highest BCUT2D eigenvalue weighted by molar-refractivity contribution is 7.80. The number of nitrogens with zero attached hydrogens (tertiary/aromatic N) is 1. The van der Waals surface area contributed by atoms with E-state index in [0.29, 0.717) is 33.1 Å². The van der Waals surface area contributed by atoms with Crippen LogP contribution in [0.5, 0.6) is 0 Å². The summed E-state index contributed by atoms with van der Waals surface area (Å²) in [6, 6.07) is 14.7. The molecule has 0 spiro atoms. The molecule has 4 rings (SSSR count). The molecule has 1 amide bonds. The molecule has 0 atom stereocenters. The Bertz CT molecular complexity index is 1120. The Balaban J connectivity index is 1.50. The summed E-state index contributed by atoms with van der Waals surface area (Å²) >= 11 is 6.52. The van der Waals surface area contributed by atoms with E-state index in [0.717, 1.165) is 0 Å². The van der Waals surface area contributed by atoms with Crippen molar-refractivity contribution in [2.45, 2.75) is 0 Å². The number of thiophene rings is 1. The number of amides is 1. The van der Waals surface area contributed by atoms with E-state index in [4.69, 9.17) is 16.6 Å². The number of anilines is 1. The largest absolute Gasteiger partial charge is 0.436 e. The normalized spacial score (nSPS) is 10.7. The molecule has 2 aromatic heterocycles. The number of carbonyl (C=O) groups is 1. The fourth-order valence-corrected chi connectivity index (χ4v) is 3.29. The monoisotopic (exact) mass is 397 g/mol. The minimum absolute atomic E-state index is 0.190. The standard InChI is InChI=1S/C19H12FN3O2S2/c20-12-5-3-11(4-6-12)18-22-14-10-13(7-8-15(14)25-18)21-19(26)23-17(24)16-2-1-9-27-16/h1-10H,(H2,21,23,24,26). The maximum atomic E-state index is 13.1. The maximum Gasteiger partial charge on any atom is 0.267 e. The van der Waals surface area contributed by atoms with Gasteiger partial charge in [0.25, 0.3) is 5.91 Å². The number of rotatable bonds is 3. The van der Waals surface area contributed by atoms with Crippen molar-refractivity contribution in [3.63, 3.8) is 0 Å². The van der Waals surface area contributed by atoms with E-state index in [1.807, 2.05) is 5.38 Å². The summed E-state index contributed by atoms with van der Waals surface area (Å²) in [4.78, 5) is 17.0. The van der Waals surface area contributed by atoms with Crippen molar-refractivity contribution in [3.05, 3.63) is 70.7 Å². The number of nitrogens with one attached hydrogen (secondary N) is 2. The molecule has 0 radical (unpaired) electrons. The Morgan fingerprint density at radius 3 is 2.70 bits per heavy atom. The molecule has 5 nitrogen and oxygen atoms in total. The van der Waals surface area contributed by atoms with Crippen LogP contribution in [0.25, 0.3) is 22.6 Å². The van der Waals surface area contributed by atoms with E-state index in [1.165, 1.54) is 23.5 Å². The first kappa shape index (κ1) is 17.3. The summed E-state index contributed by atoms with van der Waals surface area (Å²) in [6.07, 6.45) is 0. The van der Waals surface area contributed by atoms with Crippen LogP contribution in [-0.4, -0.2) is 16.0 Å². The SMILES string of the molecule is O=C(NC(=S)Nc1ccc2oc(-c3ccc(F)cc3)nc2c1)c1cccs1. The predicted octanol–water partition coefficient (Wildman–Crippen LogP) is 4.82. The summed E-state index contributed by atoms with van der Waals surface area (Å²) in [5.74, 6) is -0.182. The number of oxazole rings is 1. The van der Waals surface area contributed by atoms with Gasteiger partial charge in [-0.2, -0.15) is 0 Å². The molecule has 2 N–H and O–H groups in total. The molecule has 0 aliphatic carbocycles. The molecule has 0 aliphatic heterocycles. The number of hydrogen-bond acceptors (Lipinski definition) is 5.